The van der Waals surface area contributed by atoms with E-state index in [0.717, 1.165) is 88.4 Å². The molecule has 7 aromatic carbocycles. The van der Waals surface area contributed by atoms with Crippen molar-refractivity contribution in [3.63, 3.8) is 0 Å². The van der Waals surface area contributed by atoms with Crippen molar-refractivity contribution < 1.29 is 13.3 Å². The second-order valence-corrected chi connectivity index (χ2v) is 11.6. The summed E-state index contributed by atoms with van der Waals surface area (Å²) in [5.41, 5.74) is 9.04. The molecular formula is C41H24N2O3. The van der Waals surface area contributed by atoms with E-state index in [9.17, 15) is 0 Å². The Kier molecular flexibility index (Phi) is 5.22. The summed E-state index contributed by atoms with van der Waals surface area (Å²) in [5.74, 6) is 0.611. The highest BCUT2D eigenvalue weighted by Gasteiger charge is 2.19. The van der Waals surface area contributed by atoms with Crippen LogP contribution >= 0.6 is 0 Å². The van der Waals surface area contributed by atoms with Gasteiger partial charge in [-0.15, -0.1) is 0 Å². The molecular weight excluding hydrogens is 568 g/mol. The predicted octanol–water partition coefficient (Wildman–Crippen LogP) is 11.9. The fourth-order valence-corrected chi connectivity index (χ4v) is 6.69. The van der Waals surface area contributed by atoms with Gasteiger partial charge in [0, 0.05) is 49.6 Å². The van der Waals surface area contributed by atoms with Gasteiger partial charge in [-0.2, -0.15) is 0 Å². The third-order valence-corrected chi connectivity index (χ3v) is 8.87. The minimum Gasteiger partial charge on any atom is -0.456 e. The summed E-state index contributed by atoms with van der Waals surface area (Å²) in [4.78, 5) is 7.12. The van der Waals surface area contributed by atoms with E-state index in [-0.39, 0.29) is 0 Å². The molecule has 0 N–H and O–H groups in total. The van der Waals surface area contributed by atoms with E-state index >= 15 is 0 Å². The summed E-state index contributed by atoms with van der Waals surface area (Å²) in [7, 11) is 0. The summed E-state index contributed by atoms with van der Waals surface area (Å²) in [5, 5.41) is 6.40. The van der Waals surface area contributed by atoms with Gasteiger partial charge in [-0.05, 0) is 84.2 Å². The number of aromatic nitrogens is 1. The van der Waals surface area contributed by atoms with Crippen molar-refractivity contribution in [3.8, 4) is 11.5 Å². The third-order valence-electron chi connectivity index (χ3n) is 8.87. The average Bonchev–Trinajstić information content (AvgIpc) is 3.82. The highest BCUT2D eigenvalue weighted by molar-refractivity contribution is 6.09. The molecule has 0 fully saturated rings. The van der Waals surface area contributed by atoms with Gasteiger partial charge >= 0.3 is 0 Å². The van der Waals surface area contributed by atoms with Crippen molar-refractivity contribution in [2.75, 3.05) is 4.90 Å². The zero-order valence-electron chi connectivity index (χ0n) is 24.5. The summed E-state index contributed by atoms with van der Waals surface area (Å²) in [6, 6.07) is 49.8. The quantitative estimate of drug-likeness (QED) is 0.203. The predicted molar refractivity (Wildman–Crippen MR) is 186 cm³/mol. The first-order valence-corrected chi connectivity index (χ1v) is 15.3. The Labute approximate surface area is 262 Å². The topological polar surface area (TPSA) is 55.6 Å². The third kappa shape index (κ3) is 3.79. The second-order valence-electron chi connectivity index (χ2n) is 11.6. The number of oxazole rings is 1. The number of hydrogen-bond donors (Lipinski definition) is 0. The highest BCUT2D eigenvalue weighted by atomic mass is 16.3. The van der Waals surface area contributed by atoms with Gasteiger partial charge in [0.2, 0.25) is 5.89 Å². The maximum absolute atomic E-state index is 6.45. The van der Waals surface area contributed by atoms with Crippen LogP contribution in [0.25, 0.3) is 77.2 Å². The summed E-state index contributed by atoms with van der Waals surface area (Å²) >= 11 is 0. The van der Waals surface area contributed by atoms with Gasteiger partial charge in [0.15, 0.2) is 5.58 Å². The van der Waals surface area contributed by atoms with Crippen LogP contribution in [0.2, 0.25) is 0 Å². The van der Waals surface area contributed by atoms with E-state index in [2.05, 4.69) is 89.8 Å². The Morgan fingerprint density at radius 3 is 1.59 bits per heavy atom. The van der Waals surface area contributed by atoms with Crippen LogP contribution in [0.4, 0.5) is 17.1 Å². The lowest BCUT2D eigenvalue weighted by Crippen LogP contribution is -2.09. The Balaban J connectivity index is 1.22. The van der Waals surface area contributed by atoms with Crippen LogP contribution in [0.1, 0.15) is 0 Å². The Morgan fingerprint density at radius 2 is 0.935 bits per heavy atom. The highest BCUT2D eigenvalue weighted by Crippen LogP contribution is 2.42. The molecule has 0 radical (unpaired) electrons. The maximum atomic E-state index is 6.45. The first-order chi connectivity index (χ1) is 22.8. The second kappa shape index (κ2) is 9.58. The Morgan fingerprint density at radius 1 is 0.413 bits per heavy atom. The van der Waals surface area contributed by atoms with E-state index < -0.39 is 0 Å². The van der Waals surface area contributed by atoms with E-state index in [0.29, 0.717) is 5.89 Å². The van der Waals surface area contributed by atoms with Gasteiger partial charge in [-0.25, -0.2) is 4.98 Å². The van der Waals surface area contributed by atoms with Crippen molar-refractivity contribution in [3.05, 3.63) is 146 Å². The summed E-state index contributed by atoms with van der Waals surface area (Å²) in [6.07, 6.45) is 0. The van der Waals surface area contributed by atoms with Gasteiger partial charge in [0.05, 0.1) is 0 Å². The maximum Gasteiger partial charge on any atom is 0.227 e. The molecule has 3 aromatic heterocycles. The molecule has 0 unspecified atom stereocenters. The molecule has 0 spiro atoms. The number of furan rings is 2. The molecule has 5 heteroatoms. The molecule has 0 amide bonds. The van der Waals surface area contributed by atoms with Crippen molar-refractivity contribution >= 4 is 82.8 Å². The molecule has 0 saturated heterocycles. The molecule has 0 aliphatic heterocycles. The monoisotopic (exact) mass is 592 g/mol. The van der Waals surface area contributed by atoms with Crippen LogP contribution in [0.5, 0.6) is 0 Å². The molecule has 216 valence electrons. The number of fused-ring (bicyclic) bond motifs is 9. The van der Waals surface area contributed by atoms with E-state index in [1.165, 1.54) is 0 Å². The molecule has 10 aromatic rings. The van der Waals surface area contributed by atoms with Crippen molar-refractivity contribution in [2.24, 2.45) is 0 Å². The van der Waals surface area contributed by atoms with Crippen LogP contribution in [0.3, 0.4) is 0 Å². The fraction of sp³-hybridized carbons (Fsp3) is 0. The zero-order valence-corrected chi connectivity index (χ0v) is 24.5. The van der Waals surface area contributed by atoms with E-state index in [4.69, 9.17) is 18.2 Å². The standard InChI is InChI=1S/C41H24N2O3/c1-2-8-26(9-3-1)41-42-35-19-15-25-14-16-27(22-32(25)40(35)46-41)43(28-17-20-38-33(23-28)30-10-4-6-12-36(30)44-38)29-18-21-39-34(24-29)31-11-5-7-13-37(31)45-39/h1-24H. The Hall–Kier alpha value is -6.33. The van der Waals surface area contributed by atoms with Gasteiger partial charge in [-0.3, -0.25) is 0 Å². The molecule has 5 nitrogen and oxygen atoms in total. The van der Waals surface area contributed by atoms with Gasteiger partial charge in [-0.1, -0.05) is 66.7 Å². The van der Waals surface area contributed by atoms with Crippen LogP contribution in [0, 0.1) is 0 Å². The van der Waals surface area contributed by atoms with Crippen LogP contribution in [-0.2, 0) is 0 Å². The first-order valence-electron chi connectivity index (χ1n) is 15.3. The Bertz CT molecular complexity index is 2660. The average molecular weight is 593 g/mol. The van der Waals surface area contributed by atoms with Crippen LogP contribution in [0.15, 0.2) is 159 Å². The number of hydrogen-bond acceptors (Lipinski definition) is 5. The number of benzene rings is 7. The van der Waals surface area contributed by atoms with Gasteiger partial charge in [0.25, 0.3) is 0 Å². The molecule has 0 atom stereocenters. The van der Waals surface area contributed by atoms with Crippen molar-refractivity contribution in [1.29, 1.82) is 0 Å². The lowest BCUT2D eigenvalue weighted by atomic mass is 10.1. The number of anilines is 3. The van der Waals surface area contributed by atoms with E-state index in [1.807, 2.05) is 60.7 Å². The van der Waals surface area contributed by atoms with Crippen LogP contribution < -0.4 is 4.90 Å². The van der Waals surface area contributed by atoms with Crippen molar-refractivity contribution in [2.45, 2.75) is 0 Å². The van der Waals surface area contributed by atoms with Crippen molar-refractivity contribution in [1.82, 2.24) is 4.98 Å². The molecule has 0 aliphatic carbocycles. The molecule has 0 bridgehead atoms. The lowest BCUT2D eigenvalue weighted by Gasteiger charge is -2.26. The smallest absolute Gasteiger partial charge is 0.227 e. The van der Waals surface area contributed by atoms with E-state index in [1.54, 1.807) is 0 Å². The largest absolute Gasteiger partial charge is 0.456 e. The van der Waals surface area contributed by atoms with Gasteiger partial charge in [0.1, 0.15) is 27.8 Å². The molecule has 46 heavy (non-hydrogen) atoms. The lowest BCUT2D eigenvalue weighted by molar-refractivity contribution is 0.623. The molecule has 3 heterocycles. The van der Waals surface area contributed by atoms with Gasteiger partial charge < -0.3 is 18.2 Å². The SMILES string of the molecule is c1ccc(-c2nc3ccc4ccc(N(c5ccc6oc7ccccc7c6c5)c5ccc6oc7ccccc7c6c5)cc4c3o2)cc1. The minimum absolute atomic E-state index is 0.611. The number of para-hydroxylation sites is 2. The number of rotatable bonds is 4. The minimum atomic E-state index is 0.611. The first kappa shape index (κ1) is 25.0. The summed E-state index contributed by atoms with van der Waals surface area (Å²) in [6.45, 7) is 0. The zero-order chi connectivity index (χ0) is 30.2. The fourth-order valence-electron chi connectivity index (χ4n) is 6.69. The summed E-state index contributed by atoms with van der Waals surface area (Å²) < 4.78 is 18.8. The number of nitrogens with zero attached hydrogens (tertiary/aromatic N) is 2. The molecule has 0 aliphatic rings. The normalized spacial score (nSPS) is 11.9. The molecule has 10 rings (SSSR count). The van der Waals surface area contributed by atoms with Crippen LogP contribution in [-0.4, -0.2) is 4.98 Å². The molecule has 0 saturated carbocycles.